The van der Waals surface area contributed by atoms with Gasteiger partial charge in [-0.05, 0) is 12.1 Å². The van der Waals surface area contributed by atoms with Crippen LogP contribution in [-0.2, 0) is 0 Å². The molecule has 1 heterocycles. The highest BCUT2D eigenvalue weighted by molar-refractivity contribution is 5.68. The molecule has 0 unspecified atom stereocenters. The van der Waals surface area contributed by atoms with Crippen molar-refractivity contribution in [1.82, 2.24) is 0 Å². The van der Waals surface area contributed by atoms with E-state index in [1.807, 2.05) is 0 Å². The van der Waals surface area contributed by atoms with Crippen LogP contribution in [0.1, 0.15) is 0 Å². The number of nitrogens with zero attached hydrogens (tertiary/aromatic N) is 2. The molecular weight excluding hydrogens is 250 g/mol. The largest absolute Gasteiger partial charge is 0.619 e. The van der Waals surface area contributed by atoms with Crippen molar-refractivity contribution in [3.05, 3.63) is 58.0 Å². The van der Waals surface area contributed by atoms with Gasteiger partial charge in [-0.25, -0.2) is 0 Å². The van der Waals surface area contributed by atoms with Gasteiger partial charge in [0.2, 0.25) is 6.20 Å². The summed E-state index contributed by atoms with van der Waals surface area (Å²) in [6.45, 7) is 0. The first-order chi connectivity index (χ1) is 9.10. The van der Waals surface area contributed by atoms with E-state index >= 15 is 0 Å². The molecule has 1 N–H and O–H groups in total. The standard InChI is InChI=1S/C12H11N3O4/c1-19-10-4-2-3-9(7-10)13-11-8-14(16)6-5-12(11)15(17)18/h2-8,13H,1H3. The predicted molar refractivity (Wildman–Crippen MR) is 68.3 cm³/mol. The maximum absolute atomic E-state index is 11.2. The molecule has 0 aliphatic rings. The van der Waals surface area contributed by atoms with Crippen LogP contribution in [0, 0.1) is 15.3 Å². The van der Waals surface area contributed by atoms with Gasteiger partial charge in [0, 0.05) is 11.8 Å². The topological polar surface area (TPSA) is 91.3 Å². The second-order valence-corrected chi connectivity index (χ2v) is 3.72. The van der Waals surface area contributed by atoms with Crippen molar-refractivity contribution >= 4 is 17.1 Å². The van der Waals surface area contributed by atoms with Gasteiger partial charge < -0.3 is 15.3 Å². The lowest BCUT2D eigenvalue weighted by molar-refractivity contribution is -0.605. The third-order valence-electron chi connectivity index (χ3n) is 2.46. The number of nitrogens with one attached hydrogen (secondary N) is 1. The summed E-state index contributed by atoms with van der Waals surface area (Å²) in [6.07, 6.45) is 2.19. The third kappa shape index (κ3) is 2.89. The Kier molecular flexibility index (Phi) is 3.46. The molecule has 0 radical (unpaired) electrons. The Bertz CT molecular complexity index is 616. The Morgan fingerprint density at radius 1 is 1.37 bits per heavy atom. The average Bonchev–Trinajstić information content (AvgIpc) is 2.38. The van der Waals surface area contributed by atoms with Gasteiger partial charge in [-0.3, -0.25) is 10.1 Å². The number of rotatable bonds is 4. The fraction of sp³-hybridized carbons (Fsp3) is 0.0833. The zero-order chi connectivity index (χ0) is 13.8. The first-order valence-corrected chi connectivity index (χ1v) is 5.38. The summed E-state index contributed by atoms with van der Waals surface area (Å²) in [5.41, 5.74) is 0.541. The fourth-order valence-electron chi connectivity index (χ4n) is 1.58. The lowest BCUT2D eigenvalue weighted by atomic mass is 10.2. The minimum Gasteiger partial charge on any atom is -0.619 e. The molecule has 2 aromatic rings. The fourth-order valence-corrected chi connectivity index (χ4v) is 1.58. The van der Waals surface area contributed by atoms with Crippen molar-refractivity contribution in [2.75, 3.05) is 12.4 Å². The Morgan fingerprint density at radius 2 is 2.16 bits per heavy atom. The summed E-state index contributed by atoms with van der Waals surface area (Å²) in [4.78, 5) is 10.3. The molecule has 0 bridgehead atoms. The molecule has 0 aliphatic heterocycles. The van der Waals surface area contributed by atoms with Gasteiger partial charge >= 0.3 is 5.69 Å². The van der Waals surface area contributed by atoms with E-state index in [-0.39, 0.29) is 11.4 Å². The van der Waals surface area contributed by atoms with Crippen LogP contribution in [0.4, 0.5) is 17.1 Å². The molecule has 0 atom stereocenters. The van der Waals surface area contributed by atoms with Crippen LogP contribution in [-0.4, -0.2) is 12.0 Å². The molecule has 2 rings (SSSR count). The maximum Gasteiger partial charge on any atom is 0.304 e. The number of anilines is 2. The Morgan fingerprint density at radius 3 is 2.84 bits per heavy atom. The zero-order valence-corrected chi connectivity index (χ0v) is 10.1. The Hall–Kier alpha value is -2.83. The van der Waals surface area contributed by atoms with Crippen molar-refractivity contribution in [1.29, 1.82) is 0 Å². The van der Waals surface area contributed by atoms with E-state index in [0.717, 1.165) is 18.5 Å². The highest BCUT2D eigenvalue weighted by Gasteiger charge is 2.17. The van der Waals surface area contributed by atoms with Crippen molar-refractivity contribution in [2.24, 2.45) is 0 Å². The number of benzene rings is 1. The first kappa shape index (κ1) is 12.6. The number of ether oxygens (including phenoxy) is 1. The van der Waals surface area contributed by atoms with Gasteiger partial charge in [-0.1, -0.05) is 6.07 Å². The normalized spacial score (nSPS) is 9.95. The number of hydrogen-bond donors (Lipinski definition) is 1. The van der Waals surface area contributed by atoms with E-state index in [1.165, 1.54) is 7.11 Å². The number of nitro groups is 1. The molecular formula is C12H11N3O4. The molecule has 7 heteroatoms. The summed E-state index contributed by atoms with van der Waals surface area (Å²) in [5, 5.41) is 24.9. The molecule has 0 aliphatic carbocycles. The van der Waals surface area contributed by atoms with Gasteiger partial charge in [-0.2, -0.15) is 4.73 Å². The van der Waals surface area contributed by atoms with Crippen molar-refractivity contribution in [2.45, 2.75) is 0 Å². The maximum atomic E-state index is 11.2. The second-order valence-electron chi connectivity index (χ2n) is 3.72. The molecule has 0 amide bonds. The van der Waals surface area contributed by atoms with Crippen LogP contribution in [0.2, 0.25) is 0 Å². The summed E-state index contributed by atoms with van der Waals surface area (Å²) < 4.78 is 5.55. The minimum atomic E-state index is -0.553. The Labute approximate surface area is 108 Å². The Balaban J connectivity index is 2.36. The third-order valence-corrected chi connectivity index (χ3v) is 2.46. The summed E-state index contributed by atoms with van der Waals surface area (Å²) in [7, 11) is 1.52. The van der Waals surface area contributed by atoms with E-state index in [9.17, 15) is 15.3 Å². The van der Waals surface area contributed by atoms with E-state index < -0.39 is 4.92 Å². The van der Waals surface area contributed by atoms with Crippen molar-refractivity contribution < 1.29 is 14.4 Å². The predicted octanol–water partition coefficient (Wildman–Crippen LogP) is 1.98. The van der Waals surface area contributed by atoms with Crippen LogP contribution >= 0.6 is 0 Å². The molecule has 0 spiro atoms. The summed E-state index contributed by atoms with van der Waals surface area (Å²) in [5.74, 6) is 0.610. The first-order valence-electron chi connectivity index (χ1n) is 5.38. The van der Waals surface area contributed by atoms with Gasteiger partial charge in [0.1, 0.15) is 5.75 Å². The van der Waals surface area contributed by atoms with Crippen LogP contribution in [0.5, 0.6) is 5.75 Å². The monoisotopic (exact) mass is 261 g/mol. The van der Waals surface area contributed by atoms with Crippen LogP contribution < -0.4 is 14.8 Å². The van der Waals surface area contributed by atoms with Gasteiger partial charge in [0.25, 0.3) is 0 Å². The molecule has 1 aromatic carbocycles. The average molecular weight is 261 g/mol. The highest BCUT2D eigenvalue weighted by Crippen LogP contribution is 2.27. The molecule has 0 saturated heterocycles. The molecule has 98 valence electrons. The summed E-state index contributed by atoms with van der Waals surface area (Å²) >= 11 is 0. The van der Waals surface area contributed by atoms with Crippen molar-refractivity contribution in [3.63, 3.8) is 0 Å². The van der Waals surface area contributed by atoms with E-state index in [4.69, 9.17) is 4.74 Å². The van der Waals surface area contributed by atoms with E-state index in [0.29, 0.717) is 16.2 Å². The van der Waals surface area contributed by atoms with Gasteiger partial charge in [0.05, 0.1) is 18.1 Å². The molecule has 0 fully saturated rings. The smallest absolute Gasteiger partial charge is 0.304 e. The van der Waals surface area contributed by atoms with E-state index in [2.05, 4.69) is 5.32 Å². The van der Waals surface area contributed by atoms with Crippen LogP contribution in [0.25, 0.3) is 0 Å². The number of pyridine rings is 1. The number of hydrogen-bond acceptors (Lipinski definition) is 5. The van der Waals surface area contributed by atoms with Crippen LogP contribution in [0.15, 0.2) is 42.7 Å². The molecule has 0 saturated carbocycles. The lowest BCUT2D eigenvalue weighted by Crippen LogP contribution is -2.25. The van der Waals surface area contributed by atoms with Crippen molar-refractivity contribution in [3.8, 4) is 5.75 Å². The SMILES string of the molecule is COc1cccc(Nc2c[n+]([O-])ccc2[N+](=O)[O-])c1. The molecule has 19 heavy (non-hydrogen) atoms. The number of aromatic nitrogens is 1. The second kappa shape index (κ2) is 5.21. The van der Waals surface area contributed by atoms with Gasteiger partial charge in [0.15, 0.2) is 11.9 Å². The minimum absolute atomic E-state index is 0.121. The van der Waals surface area contributed by atoms with Crippen LogP contribution in [0.3, 0.4) is 0 Å². The lowest BCUT2D eigenvalue weighted by Gasteiger charge is -2.07. The summed E-state index contributed by atoms with van der Waals surface area (Å²) in [6, 6.07) is 8.02. The number of methoxy groups -OCH3 is 1. The highest BCUT2D eigenvalue weighted by atomic mass is 16.6. The quantitative estimate of drug-likeness (QED) is 0.393. The molecule has 7 nitrogen and oxygen atoms in total. The van der Waals surface area contributed by atoms with Gasteiger partial charge in [-0.15, -0.1) is 0 Å². The zero-order valence-electron chi connectivity index (χ0n) is 10.1. The molecule has 1 aromatic heterocycles. The van der Waals surface area contributed by atoms with E-state index in [1.54, 1.807) is 24.3 Å².